The molecular weight excluding hydrogens is 347 g/mol. The van der Waals surface area contributed by atoms with Crippen LogP contribution in [0.5, 0.6) is 0 Å². The molecule has 0 aliphatic heterocycles. The summed E-state index contributed by atoms with van der Waals surface area (Å²) in [5.74, 6) is 0.0947. The molecule has 120 valence electrons. The van der Waals surface area contributed by atoms with E-state index >= 15 is 0 Å². The number of carbonyl (C=O) groups is 1. The van der Waals surface area contributed by atoms with Gasteiger partial charge in [0.05, 0.1) is 28.1 Å². The quantitative estimate of drug-likeness (QED) is 0.704. The van der Waals surface area contributed by atoms with E-state index in [0.29, 0.717) is 27.2 Å². The van der Waals surface area contributed by atoms with E-state index in [1.165, 1.54) is 12.4 Å². The maximum absolute atomic E-state index is 12.1. The zero-order valence-corrected chi connectivity index (χ0v) is 13.8. The van der Waals surface area contributed by atoms with Crippen LogP contribution < -0.4 is 10.6 Å². The van der Waals surface area contributed by atoms with E-state index in [0.717, 1.165) is 0 Å². The van der Waals surface area contributed by atoms with E-state index in [1.807, 2.05) is 18.2 Å². The van der Waals surface area contributed by atoms with E-state index < -0.39 is 0 Å². The first-order valence-electron chi connectivity index (χ1n) is 7.03. The maximum Gasteiger partial charge on any atom is 0.275 e. The Morgan fingerprint density at radius 1 is 0.875 bits per heavy atom. The van der Waals surface area contributed by atoms with Gasteiger partial charge in [-0.2, -0.15) is 0 Å². The Bertz CT molecular complexity index is 834. The fourth-order valence-electron chi connectivity index (χ4n) is 1.97. The summed E-state index contributed by atoms with van der Waals surface area (Å²) in [6.45, 7) is 0. The van der Waals surface area contributed by atoms with E-state index in [2.05, 4.69) is 20.6 Å². The van der Waals surface area contributed by atoms with Gasteiger partial charge in [-0.25, -0.2) is 9.97 Å². The summed E-state index contributed by atoms with van der Waals surface area (Å²) in [6, 6.07) is 14.3. The number of para-hydroxylation sites is 2. The first-order valence-corrected chi connectivity index (χ1v) is 7.78. The van der Waals surface area contributed by atoms with Gasteiger partial charge in [-0.15, -0.1) is 0 Å². The number of hydrogen-bond acceptors (Lipinski definition) is 4. The Morgan fingerprint density at radius 3 is 2.21 bits per heavy atom. The Hall–Kier alpha value is -2.63. The van der Waals surface area contributed by atoms with E-state index in [1.54, 1.807) is 30.3 Å². The summed E-state index contributed by atoms with van der Waals surface area (Å²) in [6.07, 6.45) is 2.82. The Morgan fingerprint density at radius 2 is 1.58 bits per heavy atom. The van der Waals surface area contributed by atoms with Crippen molar-refractivity contribution >= 4 is 46.3 Å². The van der Waals surface area contributed by atoms with Crippen molar-refractivity contribution in [2.24, 2.45) is 0 Å². The van der Waals surface area contributed by atoms with Crippen LogP contribution in [0.15, 0.2) is 60.9 Å². The second-order valence-electron chi connectivity index (χ2n) is 4.83. The van der Waals surface area contributed by atoms with Crippen molar-refractivity contribution in [3.05, 3.63) is 76.7 Å². The SMILES string of the molecule is O=C(Nc1ccccc1)c1cnc(Nc2c(Cl)cccc2Cl)cn1. The number of hydrogen-bond donors (Lipinski definition) is 2. The van der Waals surface area contributed by atoms with Crippen LogP contribution in [0, 0.1) is 0 Å². The largest absolute Gasteiger partial charge is 0.337 e. The van der Waals surface area contributed by atoms with Crippen LogP contribution in [0.4, 0.5) is 17.2 Å². The average molecular weight is 359 g/mol. The van der Waals surface area contributed by atoms with Gasteiger partial charge in [-0.3, -0.25) is 4.79 Å². The van der Waals surface area contributed by atoms with Gasteiger partial charge in [0, 0.05) is 5.69 Å². The number of nitrogens with one attached hydrogen (secondary N) is 2. The van der Waals surface area contributed by atoms with Crippen LogP contribution in [0.3, 0.4) is 0 Å². The van der Waals surface area contributed by atoms with Crippen molar-refractivity contribution in [1.82, 2.24) is 9.97 Å². The standard InChI is InChI=1S/C17H12Cl2N4O/c18-12-7-4-8-13(19)16(12)23-15-10-20-14(9-21-15)17(24)22-11-5-2-1-3-6-11/h1-10H,(H,21,23)(H,22,24). The lowest BCUT2D eigenvalue weighted by molar-refractivity contribution is 0.102. The molecule has 0 aliphatic carbocycles. The van der Waals surface area contributed by atoms with Crippen molar-refractivity contribution in [2.45, 2.75) is 0 Å². The predicted molar refractivity (Wildman–Crippen MR) is 96.2 cm³/mol. The third kappa shape index (κ3) is 3.82. The highest BCUT2D eigenvalue weighted by atomic mass is 35.5. The Balaban J connectivity index is 1.72. The molecule has 0 saturated carbocycles. The number of rotatable bonds is 4. The summed E-state index contributed by atoms with van der Waals surface area (Å²) < 4.78 is 0. The fourth-order valence-corrected chi connectivity index (χ4v) is 2.46. The van der Waals surface area contributed by atoms with Gasteiger partial charge in [-0.05, 0) is 24.3 Å². The molecule has 3 aromatic rings. The lowest BCUT2D eigenvalue weighted by Crippen LogP contribution is -2.14. The van der Waals surface area contributed by atoms with Gasteiger partial charge in [0.2, 0.25) is 0 Å². The highest BCUT2D eigenvalue weighted by Gasteiger charge is 2.10. The molecular formula is C17H12Cl2N4O. The smallest absolute Gasteiger partial charge is 0.275 e. The number of anilines is 3. The molecule has 0 fully saturated rings. The minimum absolute atomic E-state index is 0.203. The van der Waals surface area contributed by atoms with Crippen molar-refractivity contribution in [1.29, 1.82) is 0 Å². The lowest BCUT2D eigenvalue weighted by atomic mass is 10.3. The minimum Gasteiger partial charge on any atom is -0.337 e. The van der Waals surface area contributed by atoms with Crippen molar-refractivity contribution in [3.8, 4) is 0 Å². The molecule has 0 radical (unpaired) electrons. The molecule has 0 bridgehead atoms. The first-order chi connectivity index (χ1) is 11.6. The molecule has 1 amide bonds. The van der Waals surface area contributed by atoms with Crippen LogP contribution >= 0.6 is 23.2 Å². The zero-order chi connectivity index (χ0) is 16.9. The topological polar surface area (TPSA) is 66.9 Å². The number of benzene rings is 2. The highest BCUT2D eigenvalue weighted by molar-refractivity contribution is 6.39. The van der Waals surface area contributed by atoms with E-state index in [-0.39, 0.29) is 11.6 Å². The van der Waals surface area contributed by atoms with E-state index in [4.69, 9.17) is 23.2 Å². The number of nitrogens with zero attached hydrogens (tertiary/aromatic N) is 2. The minimum atomic E-state index is -0.337. The third-order valence-electron chi connectivity index (χ3n) is 3.13. The molecule has 2 aromatic carbocycles. The van der Waals surface area contributed by atoms with Gasteiger partial charge >= 0.3 is 0 Å². The number of carbonyl (C=O) groups excluding carboxylic acids is 1. The summed E-state index contributed by atoms with van der Waals surface area (Å²) >= 11 is 12.2. The monoisotopic (exact) mass is 358 g/mol. The zero-order valence-electron chi connectivity index (χ0n) is 12.3. The molecule has 0 unspecified atom stereocenters. The molecule has 2 N–H and O–H groups in total. The Kier molecular flexibility index (Phi) is 4.93. The highest BCUT2D eigenvalue weighted by Crippen LogP contribution is 2.31. The van der Waals surface area contributed by atoms with Crippen LogP contribution in [0.1, 0.15) is 10.5 Å². The van der Waals surface area contributed by atoms with Crippen molar-refractivity contribution in [2.75, 3.05) is 10.6 Å². The van der Waals surface area contributed by atoms with Gasteiger partial charge in [0.15, 0.2) is 0 Å². The normalized spacial score (nSPS) is 10.2. The van der Waals surface area contributed by atoms with Crippen molar-refractivity contribution in [3.63, 3.8) is 0 Å². The number of aromatic nitrogens is 2. The molecule has 0 spiro atoms. The van der Waals surface area contributed by atoms with Crippen LogP contribution in [0.25, 0.3) is 0 Å². The van der Waals surface area contributed by atoms with Gasteiger partial charge in [0.1, 0.15) is 11.5 Å². The fraction of sp³-hybridized carbons (Fsp3) is 0. The molecule has 0 atom stereocenters. The van der Waals surface area contributed by atoms with Crippen molar-refractivity contribution < 1.29 is 4.79 Å². The third-order valence-corrected chi connectivity index (χ3v) is 3.76. The molecule has 1 heterocycles. The summed E-state index contributed by atoms with van der Waals surface area (Å²) in [5.41, 5.74) is 1.43. The molecule has 1 aromatic heterocycles. The van der Waals surface area contributed by atoms with Crippen LogP contribution in [0.2, 0.25) is 10.0 Å². The first kappa shape index (κ1) is 16.2. The molecule has 5 nitrogen and oxygen atoms in total. The second-order valence-corrected chi connectivity index (χ2v) is 5.64. The molecule has 7 heteroatoms. The van der Waals surface area contributed by atoms with E-state index in [9.17, 15) is 4.79 Å². The summed E-state index contributed by atoms with van der Waals surface area (Å²) in [7, 11) is 0. The average Bonchev–Trinajstić information content (AvgIpc) is 2.60. The number of amides is 1. The lowest BCUT2D eigenvalue weighted by Gasteiger charge is -2.09. The maximum atomic E-state index is 12.1. The summed E-state index contributed by atoms with van der Waals surface area (Å²) in [5, 5.41) is 6.66. The molecule has 24 heavy (non-hydrogen) atoms. The Labute approximate surface area is 148 Å². The predicted octanol–water partition coefficient (Wildman–Crippen LogP) is 4.78. The molecule has 0 aliphatic rings. The summed E-state index contributed by atoms with van der Waals surface area (Å²) in [4.78, 5) is 20.4. The van der Waals surface area contributed by atoms with Gasteiger partial charge in [-0.1, -0.05) is 47.5 Å². The second kappa shape index (κ2) is 7.29. The molecule has 3 rings (SSSR count). The van der Waals surface area contributed by atoms with Crippen LogP contribution in [-0.2, 0) is 0 Å². The van der Waals surface area contributed by atoms with Gasteiger partial charge in [0.25, 0.3) is 5.91 Å². The number of halogens is 2. The molecule has 0 saturated heterocycles. The van der Waals surface area contributed by atoms with Gasteiger partial charge < -0.3 is 10.6 Å². The van der Waals surface area contributed by atoms with Crippen LogP contribution in [-0.4, -0.2) is 15.9 Å².